The van der Waals surface area contributed by atoms with Gasteiger partial charge < -0.3 is 5.32 Å². The first-order valence-corrected chi connectivity index (χ1v) is 9.98. The Morgan fingerprint density at radius 3 is 2.56 bits per heavy atom. The van der Waals surface area contributed by atoms with E-state index in [4.69, 9.17) is 0 Å². The number of hydrogen-bond donors (Lipinski definition) is 1. The number of rotatable bonds is 6. The molecule has 0 atom stereocenters. The minimum atomic E-state index is -3.53. The van der Waals surface area contributed by atoms with E-state index < -0.39 is 14.8 Å². The Balaban J connectivity index is 1.91. The molecule has 0 unspecified atom stereocenters. The number of benzene rings is 2. The van der Waals surface area contributed by atoms with E-state index in [-0.39, 0.29) is 16.3 Å². The number of sulfone groups is 1. The minimum Gasteiger partial charge on any atom is -0.375 e. The van der Waals surface area contributed by atoms with Crippen LogP contribution in [0.4, 0.5) is 11.4 Å². The van der Waals surface area contributed by atoms with Crippen LogP contribution in [0.2, 0.25) is 0 Å². The Kier molecular flexibility index (Phi) is 4.95. The molecule has 0 amide bonds. The lowest BCUT2D eigenvalue weighted by molar-refractivity contribution is -0.384. The van der Waals surface area contributed by atoms with Crippen LogP contribution in [0.5, 0.6) is 0 Å². The number of aryl methyl sites for hydroxylation is 1. The topological polar surface area (TPSA) is 107 Å². The summed E-state index contributed by atoms with van der Waals surface area (Å²) in [5.41, 5.74) is 2.59. The van der Waals surface area contributed by atoms with E-state index in [9.17, 15) is 18.5 Å². The fourth-order valence-corrected chi connectivity index (χ4v) is 3.31. The highest BCUT2D eigenvalue weighted by molar-refractivity contribution is 7.90. The van der Waals surface area contributed by atoms with Crippen molar-refractivity contribution in [1.29, 1.82) is 0 Å². The summed E-state index contributed by atoms with van der Waals surface area (Å²) in [6.45, 7) is 2.21. The average Bonchev–Trinajstić information content (AvgIpc) is 3.05. The molecule has 3 aromatic rings. The number of anilines is 1. The van der Waals surface area contributed by atoms with Crippen molar-refractivity contribution in [3.8, 4) is 5.69 Å². The smallest absolute Gasteiger partial charge is 0.293 e. The summed E-state index contributed by atoms with van der Waals surface area (Å²) in [5.74, 6) is 0. The molecule has 0 bridgehead atoms. The third kappa shape index (κ3) is 4.14. The van der Waals surface area contributed by atoms with Crippen molar-refractivity contribution in [3.63, 3.8) is 0 Å². The first kappa shape index (κ1) is 18.6. The number of nitro groups is 1. The number of nitro benzene ring substituents is 1. The highest BCUT2D eigenvalue weighted by Gasteiger charge is 2.19. The molecule has 0 aliphatic heterocycles. The molecule has 0 saturated heterocycles. The van der Waals surface area contributed by atoms with E-state index in [1.165, 1.54) is 12.1 Å². The maximum atomic E-state index is 11.6. The molecule has 0 spiro atoms. The second-order valence-electron chi connectivity index (χ2n) is 6.09. The zero-order valence-electron chi connectivity index (χ0n) is 14.8. The molecule has 0 aliphatic carbocycles. The van der Waals surface area contributed by atoms with Crippen molar-refractivity contribution in [2.24, 2.45) is 0 Å². The Labute approximate surface area is 156 Å². The lowest BCUT2D eigenvalue weighted by Crippen LogP contribution is -2.08. The van der Waals surface area contributed by atoms with Crippen LogP contribution < -0.4 is 5.32 Å². The van der Waals surface area contributed by atoms with E-state index in [0.717, 1.165) is 29.3 Å². The fraction of sp³-hybridized carbons (Fsp3) is 0.167. The Morgan fingerprint density at radius 2 is 1.93 bits per heavy atom. The van der Waals surface area contributed by atoms with Crippen molar-refractivity contribution < 1.29 is 13.3 Å². The summed E-state index contributed by atoms with van der Waals surface area (Å²) in [5, 5.41) is 18.8. The van der Waals surface area contributed by atoms with E-state index in [2.05, 4.69) is 10.4 Å². The molecule has 27 heavy (non-hydrogen) atoms. The fourth-order valence-electron chi connectivity index (χ4n) is 2.67. The molecule has 2 aromatic carbocycles. The van der Waals surface area contributed by atoms with E-state index in [1.807, 2.05) is 43.5 Å². The molecular formula is C18H18N4O4S. The molecule has 1 N–H and O–H groups in total. The zero-order chi connectivity index (χ0) is 19.6. The average molecular weight is 386 g/mol. The number of hydrogen-bond acceptors (Lipinski definition) is 6. The summed E-state index contributed by atoms with van der Waals surface area (Å²) in [7, 11) is -3.53. The third-order valence-electron chi connectivity index (χ3n) is 4.02. The molecule has 1 heterocycles. The molecule has 0 fully saturated rings. The van der Waals surface area contributed by atoms with Gasteiger partial charge in [0.1, 0.15) is 5.69 Å². The molecule has 9 heteroatoms. The van der Waals surface area contributed by atoms with Crippen molar-refractivity contribution in [3.05, 3.63) is 76.1 Å². The van der Waals surface area contributed by atoms with Gasteiger partial charge in [0.05, 0.1) is 21.2 Å². The first-order chi connectivity index (χ1) is 12.8. The highest BCUT2D eigenvalue weighted by atomic mass is 32.2. The summed E-state index contributed by atoms with van der Waals surface area (Å²) in [4.78, 5) is 10.7. The summed E-state index contributed by atoms with van der Waals surface area (Å²) < 4.78 is 25.0. The Morgan fingerprint density at radius 1 is 1.19 bits per heavy atom. The third-order valence-corrected chi connectivity index (χ3v) is 5.13. The number of nitrogens with one attached hydrogen (secondary N) is 1. The molecule has 0 radical (unpaired) electrons. The molecule has 8 nitrogen and oxygen atoms in total. The molecule has 0 aliphatic rings. The quantitative estimate of drug-likeness (QED) is 0.515. The van der Waals surface area contributed by atoms with E-state index >= 15 is 0 Å². The van der Waals surface area contributed by atoms with Gasteiger partial charge in [0.25, 0.3) is 5.69 Å². The van der Waals surface area contributed by atoms with Gasteiger partial charge in [0.15, 0.2) is 9.84 Å². The van der Waals surface area contributed by atoms with Gasteiger partial charge in [0, 0.05) is 25.1 Å². The zero-order valence-corrected chi connectivity index (χ0v) is 15.6. The standard InChI is InChI=1S/C18H18N4O4S/c1-13-9-10-21(20-13)17-6-4-3-5-14(17)12-19-16-8-7-15(27(2,25)26)11-18(16)22(23)24/h3-11,19H,12H2,1-2H3. The van der Waals surface area contributed by atoms with Crippen molar-refractivity contribution in [1.82, 2.24) is 9.78 Å². The van der Waals surface area contributed by atoms with Gasteiger partial charge in [-0.2, -0.15) is 5.10 Å². The van der Waals surface area contributed by atoms with Crippen LogP contribution in [0.1, 0.15) is 11.3 Å². The lowest BCUT2D eigenvalue weighted by Gasteiger charge is -2.12. The van der Waals surface area contributed by atoms with E-state index in [0.29, 0.717) is 6.54 Å². The van der Waals surface area contributed by atoms with Crippen LogP contribution in [0.3, 0.4) is 0 Å². The SMILES string of the molecule is Cc1ccn(-c2ccccc2CNc2ccc(S(C)(=O)=O)cc2[N+](=O)[O-])n1. The summed E-state index contributed by atoms with van der Waals surface area (Å²) >= 11 is 0. The molecule has 140 valence electrons. The largest absolute Gasteiger partial charge is 0.375 e. The van der Waals surface area contributed by atoms with Crippen molar-refractivity contribution in [2.45, 2.75) is 18.4 Å². The minimum absolute atomic E-state index is 0.0906. The molecular weight excluding hydrogens is 368 g/mol. The molecule has 1 aromatic heterocycles. The van der Waals surface area contributed by atoms with Crippen LogP contribution in [0, 0.1) is 17.0 Å². The van der Waals surface area contributed by atoms with Gasteiger partial charge in [-0.05, 0) is 36.8 Å². The van der Waals surface area contributed by atoms with Gasteiger partial charge in [-0.25, -0.2) is 13.1 Å². The predicted octanol–water partition coefficient (Wildman–Crippen LogP) is 3.10. The van der Waals surface area contributed by atoms with Crippen LogP contribution in [-0.2, 0) is 16.4 Å². The van der Waals surface area contributed by atoms with Crippen LogP contribution in [0.15, 0.2) is 59.6 Å². The predicted molar refractivity (Wildman–Crippen MR) is 102 cm³/mol. The van der Waals surface area contributed by atoms with Gasteiger partial charge in [-0.15, -0.1) is 0 Å². The second-order valence-corrected chi connectivity index (χ2v) is 8.11. The van der Waals surface area contributed by atoms with E-state index in [1.54, 1.807) is 4.68 Å². The first-order valence-electron chi connectivity index (χ1n) is 8.08. The Hall–Kier alpha value is -3.20. The Bertz CT molecular complexity index is 1110. The highest BCUT2D eigenvalue weighted by Crippen LogP contribution is 2.28. The van der Waals surface area contributed by atoms with Crippen LogP contribution in [-0.4, -0.2) is 29.4 Å². The van der Waals surface area contributed by atoms with Crippen molar-refractivity contribution in [2.75, 3.05) is 11.6 Å². The number of para-hydroxylation sites is 1. The summed E-state index contributed by atoms with van der Waals surface area (Å²) in [6.07, 6.45) is 2.86. The second kappa shape index (κ2) is 7.20. The van der Waals surface area contributed by atoms with Gasteiger partial charge in [-0.1, -0.05) is 18.2 Å². The maximum absolute atomic E-state index is 11.6. The molecule has 0 saturated carbocycles. The van der Waals surface area contributed by atoms with Gasteiger partial charge in [-0.3, -0.25) is 10.1 Å². The maximum Gasteiger partial charge on any atom is 0.293 e. The van der Waals surface area contributed by atoms with Crippen LogP contribution in [0.25, 0.3) is 5.69 Å². The summed E-state index contributed by atoms with van der Waals surface area (Å²) in [6, 6.07) is 13.3. The van der Waals surface area contributed by atoms with Crippen LogP contribution >= 0.6 is 0 Å². The number of nitrogens with zero attached hydrogens (tertiary/aromatic N) is 3. The normalized spacial score (nSPS) is 11.3. The molecule has 3 rings (SSSR count). The number of aromatic nitrogens is 2. The van der Waals surface area contributed by atoms with Crippen molar-refractivity contribution >= 4 is 21.2 Å². The van der Waals surface area contributed by atoms with Gasteiger partial charge >= 0.3 is 0 Å². The monoisotopic (exact) mass is 386 g/mol. The lowest BCUT2D eigenvalue weighted by atomic mass is 10.1. The van der Waals surface area contributed by atoms with Gasteiger partial charge in [0.2, 0.25) is 0 Å².